The second kappa shape index (κ2) is 5.41. The van der Waals surface area contributed by atoms with E-state index in [1.54, 1.807) is 12.1 Å². The molecule has 1 fully saturated rings. The zero-order valence-corrected chi connectivity index (χ0v) is 12.2. The van der Waals surface area contributed by atoms with Gasteiger partial charge in [-0.05, 0) is 37.2 Å². The summed E-state index contributed by atoms with van der Waals surface area (Å²) in [6.07, 6.45) is 0. The predicted molar refractivity (Wildman–Crippen MR) is 75.2 cm³/mol. The Morgan fingerprint density at radius 2 is 1.90 bits per heavy atom. The van der Waals surface area contributed by atoms with Crippen molar-refractivity contribution in [2.45, 2.75) is 11.8 Å². The number of sulfonamides is 1. The zero-order valence-electron chi connectivity index (χ0n) is 11.4. The maximum atomic E-state index is 11.6. The Morgan fingerprint density at radius 3 is 2.35 bits per heavy atom. The number of carbonyl (C=O) groups is 1. The molecule has 2 N–H and O–H groups in total. The molecule has 0 amide bonds. The van der Waals surface area contributed by atoms with Crippen molar-refractivity contribution in [3.63, 3.8) is 0 Å². The molecule has 20 heavy (non-hydrogen) atoms. The molecular formula is C13H18N2O4S. The predicted octanol–water partition coefficient (Wildman–Crippen LogP) is 0.752. The first kappa shape index (κ1) is 14.8. The van der Waals surface area contributed by atoms with Crippen LogP contribution in [-0.2, 0) is 14.8 Å². The van der Waals surface area contributed by atoms with E-state index in [1.807, 2.05) is 11.8 Å². The lowest BCUT2D eigenvalue weighted by molar-refractivity contribution is -0.142. The van der Waals surface area contributed by atoms with Crippen molar-refractivity contribution in [2.24, 2.45) is 11.8 Å². The standard InChI is InChI=1S/C13H18N2O4S/c1-9-7-15(8-12(9)13(16)17)10-3-5-11(6-4-10)20(18,19)14-2/h3-6,9,12,14H,7-8H2,1-2H3,(H,16,17). The molecule has 0 bridgehead atoms. The molecule has 7 heteroatoms. The number of benzene rings is 1. The summed E-state index contributed by atoms with van der Waals surface area (Å²) >= 11 is 0. The molecule has 0 saturated carbocycles. The second-order valence-corrected chi connectivity index (χ2v) is 6.91. The number of rotatable bonds is 4. The van der Waals surface area contributed by atoms with Crippen molar-refractivity contribution < 1.29 is 18.3 Å². The smallest absolute Gasteiger partial charge is 0.308 e. The van der Waals surface area contributed by atoms with Crippen LogP contribution in [-0.4, -0.2) is 39.6 Å². The van der Waals surface area contributed by atoms with Gasteiger partial charge >= 0.3 is 5.97 Å². The van der Waals surface area contributed by atoms with E-state index in [4.69, 9.17) is 5.11 Å². The van der Waals surface area contributed by atoms with Crippen LogP contribution in [0.25, 0.3) is 0 Å². The Morgan fingerprint density at radius 1 is 1.30 bits per heavy atom. The number of hydrogen-bond donors (Lipinski definition) is 2. The highest BCUT2D eigenvalue weighted by Gasteiger charge is 2.34. The highest BCUT2D eigenvalue weighted by Crippen LogP contribution is 2.28. The fourth-order valence-electron chi connectivity index (χ4n) is 2.45. The molecular weight excluding hydrogens is 280 g/mol. The average Bonchev–Trinajstić information content (AvgIpc) is 2.81. The Hall–Kier alpha value is -1.60. The van der Waals surface area contributed by atoms with Crippen LogP contribution in [0.4, 0.5) is 5.69 Å². The number of nitrogens with zero attached hydrogens (tertiary/aromatic N) is 1. The topological polar surface area (TPSA) is 86.7 Å². The molecule has 110 valence electrons. The third-order valence-corrected chi connectivity index (χ3v) is 5.14. The van der Waals surface area contributed by atoms with E-state index in [1.165, 1.54) is 19.2 Å². The molecule has 1 aromatic rings. The van der Waals surface area contributed by atoms with Gasteiger partial charge in [-0.2, -0.15) is 0 Å². The lowest BCUT2D eigenvalue weighted by Crippen LogP contribution is -2.23. The van der Waals surface area contributed by atoms with E-state index in [0.717, 1.165) is 5.69 Å². The van der Waals surface area contributed by atoms with Gasteiger partial charge in [0.15, 0.2) is 0 Å². The number of nitrogens with one attached hydrogen (secondary N) is 1. The Labute approximate surface area is 118 Å². The minimum absolute atomic E-state index is 0.0771. The fourth-order valence-corrected chi connectivity index (χ4v) is 3.18. The summed E-state index contributed by atoms with van der Waals surface area (Å²) in [6.45, 7) is 3.03. The van der Waals surface area contributed by atoms with Gasteiger partial charge in [0.25, 0.3) is 0 Å². The Balaban J connectivity index is 2.18. The first-order chi connectivity index (χ1) is 9.35. The van der Waals surface area contributed by atoms with Gasteiger partial charge in [-0.15, -0.1) is 0 Å². The van der Waals surface area contributed by atoms with Crippen LogP contribution >= 0.6 is 0 Å². The molecule has 2 rings (SSSR count). The van der Waals surface area contributed by atoms with Crippen molar-refractivity contribution in [1.82, 2.24) is 4.72 Å². The summed E-state index contributed by atoms with van der Waals surface area (Å²) in [5.74, 6) is -1.08. The molecule has 1 aliphatic rings. The van der Waals surface area contributed by atoms with Crippen molar-refractivity contribution >= 4 is 21.7 Å². The largest absolute Gasteiger partial charge is 0.481 e. The first-order valence-corrected chi connectivity index (χ1v) is 7.85. The van der Waals surface area contributed by atoms with Gasteiger partial charge in [-0.3, -0.25) is 4.79 Å². The van der Waals surface area contributed by atoms with Crippen LogP contribution in [0.3, 0.4) is 0 Å². The molecule has 0 radical (unpaired) electrons. The lowest BCUT2D eigenvalue weighted by Gasteiger charge is -2.18. The van der Waals surface area contributed by atoms with Gasteiger partial charge in [0.1, 0.15) is 0 Å². The third kappa shape index (κ3) is 2.78. The van der Waals surface area contributed by atoms with Crippen molar-refractivity contribution in [2.75, 3.05) is 25.0 Å². The van der Waals surface area contributed by atoms with Gasteiger partial charge < -0.3 is 10.0 Å². The van der Waals surface area contributed by atoms with Gasteiger partial charge in [-0.25, -0.2) is 13.1 Å². The lowest BCUT2D eigenvalue weighted by atomic mass is 9.99. The van der Waals surface area contributed by atoms with Crippen LogP contribution in [0, 0.1) is 11.8 Å². The SMILES string of the molecule is CNS(=O)(=O)c1ccc(N2CC(C)C(C(=O)O)C2)cc1. The minimum atomic E-state index is -3.44. The number of carboxylic acids is 1. The molecule has 2 unspecified atom stereocenters. The van der Waals surface area contributed by atoms with Gasteiger partial charge in [-0.1, -0.05) is 6.92 Å². The molecule has 2 atom stereocenters. The molecule has 1 aliphatic heterocycles. The zero-order chi connectivity index (χ0) is 14.9. The van der Waals surface area contributed by atoms with E-state index in [-0.39, 0.29) is 16.7 Å². The number of anilines is 1. The van der Waals surface area contributed by atoms with Crippen molar-refractivity contribution in [3.8, 4) is 0 Å². The first-order valence-electron chi connectivity index (χ1n) is 6.36. The average molecular weight is 298 g/mol. The van der Waals surface area contributed by atoms with Crippen LogP contribution in [0.1, 0.15) is 6.92 Å². The molecule has 0 aliphatic carbocycles. The molecule has 1 heterocycles. The third-order valence-electron chi connectivity index (χ3n) is 3.71. The van der Waals surface area contributed by atoms with Crippen molar-refractivity contribution in [1.29, 1.82) is 0 Å². The van der Waals surface area contributed by atoms with Gasteiger partial charge in [0.05, 0.1) is 10.8 Å². The van der Waals surface area contributed by atoms with Crippen molar-refractivity contribution in [3.05, 3.63) is 24.3 Å². The van der Waals surface area contributed by atoms with E-state index in [2.05, 4.69) is 4.72 Å². The monoisotopic (exact) mass is 298 g/mol. The Kier molecular flexibility index (Phi) is 4.01. The quantitative estimate of drug-likeness (QED) is 0.856. The van der Waals surface area contributed by atoms with E-state index in [0.29, 0.717) is 13.1 Å². The molecule has 1 saturated heterocycles. The van der Waals surface area contributed by atoms with Crippen LogP contribution < -0.4 is 9.62 Å². The summed E-state index contributed by atoms with van der Waals surface area (Å²) in [5.41, 5.74) is 0.843. The fraction of sp³-hybridized carbons (Fsp3) is 0.462. The summed E-state index contributed by atoms with van der Waals surface area (Å²) in [7, 11) is -2.07. The number of carboxylic acid groups (broad SMARTS) is 1. The second-order valence-electron chi connectivity index (χ2n) is 5.03. The maximum Gasteiger partial charge on any atom is 0.308 e. The van der Waals surface area contributed by atoms with Crippen LogP contribution in [0.2, 0.25) is 0 Å². The molecule has 0 spiro atoms. The highest BCUT2D eigenvalue weighted by molar-refractivity contribution is 7.89. The molecule has 6 nitrogen and oxygen atoms in total. The van der Waals surface area contributed by atoms with E-state index >= 15 is 0 Å². The number of aliphatic carboxylic acids is 1. The van der Waals surface area contributed by atoms with Crippen LogP contribution in [0.15, 0.2) is 29.2 Å². The normalized spacial score (nSPS) is 23.0. The van der Waals surface area contributed by atoms with Crippen LogP contribution in [0.5, 0.6) is 0 Å². The minimum Gasteiger partial charge on any atom is -0.481 e. The van der Waals surface area contributed by atoms with E-state index in [9.17, 15) is 13.2 Å². The van der Waals surface area contributed by atoms with Gasteiger partial charge in [0, 0.05) is 18.8 Å². The summed E-state index contributed by atoms with van der Waals surface area (Å²) in [5, 5.41) is 9.12. The van der Waals surface area contributed by atoms with E-state index < -0.39 is 16.0 Å². The van der Waals surface area contributed by atoms with Gasteiger partial charge in [0.2, 0.25) is 10.0 Å². The summed E-state index contributed by atoms with van der Waals surface area (Å²) in [6, 6.07) is 6.47. The highest BCUT2D eigenvalue weighted by atomic mass is 32.2. The Bertz CT molecular complexity index is 597. The number of hydrogen-bond acceptors (Lipinski definition) is 4. The summed E-state index contributed by atoms with van der Waals surface area (Å²) in [4.78, 5) is 13.3. The summed E-state index contributed by atoms with van der Waals surface area (Å²) < 4.78 is 25.5. The molecule has 0 aromatic heterocycles. The maximum absolute atomic E-state index is 11.6. The molecule has 1 aromatic carbocycles.